The molecule has 0 aliphatic carbocycles. The zero-order valence-electron chi connectivity index (χ0n) is 11.5. The van der Waals surface area contributed by atoms with E-state index in [1.54, 1.807) is 0 Å². The molecule has 1 unspecified atom stereocenters. The molecule has 0 radical (unpaired) electrons. The number of hydrogen-bond donors (Lipinski definition) is 2. The van der Waals surface area contributed by atoms with Gasteiger partial charge in [0.15, 0.2) is 0 Å². The lowest BCUT2D eigenvalue weighted by molar-refractivity contribution is -0.127. The normalized spacial score (nSPS) is 11.2. The molecule has 0 saturated heterocycles. The maximum absolute atomic E-state index is 11.6. The van der Waals surface area contributed by atoms with Crippen LogP contribution in [-0.2, 0) is 9.59 Å². The van der Waals surface area contributed by atoms with Crippen molar-refractivity contribution in [1.82, 2.24) is 5.32 Å². The van der Waals surface area contributed by atoms with E-state index in [1.807, 2.05) is 24.3 Å². The third kappa shape index (κ3) is 6.82. The minimum absolute atomic E-state index is 0.0929. The minimum Gasteiger partial charge on any atom is -0.494 e. The highest BCUT2D eigenvalue weighted by atomic mass is 79.9. The zero-order chi connectivity index (χ0) is 15.7. The summed E-state index contributed by atoms with van der Waals surface area (Å²) in [6.45, 7) is 0.403. The summed E-state index contributed by atoms with van der Waals surface area (Å²) in [6.07, 6.45) is 5.97. The van der Waals surface area contributed by atoms with E-state index in [0.29, 0.717) is 13.0 Å². The van der Waals surface area contributed by atoms with Gasteiger partial charge < -0.3 is 15.8 Å². The lowest BCUT2D eigenvalue weighted by Crippen LogP contribution is -2.44. The van der Waals surface area contributed by atoms with Crippen molar-refractivity contribution in [3.63, 3.8) is 0 Å². The van der Waals surface area contributed by atoms with Crippen LogP contribution in [0.15, 0.2) is 28.7 Å². The molecule has 3 N–H and O–H groups in total. The lowest BCUT2D eigenvalue weighted by Gasteiger charge is -2.12. The third-order valence-electron chi connectivity index (χ3n) is 2.61. The van der Waals surface area contributed by atoms with Crippen molar-refractivity contribution in [2.75, 3.05) is 6.61 Å². The second-order valence-electron chi connectivity index (χ2n) is 4.34. The Hall–Kier alpha value is -2.00. The van der Waals surface area contributed by atoms with Crippen molar-refractivity contribution in [3.05, 3.63) is 28.7 Å². The summed E-state index contributed by atoms with van der Waals surface area (Å²) in [5.74, 6) is 2.13. The third-order valence-corrected chi connectivity index (χ3v) is 3.11. The van der Waals surface area contributed by atoms with Gasteiger partial charge in [0.1, 0.15) is 11.8 Å². The van der Waals surface area contributed by atoms with E-state index in [9.17, 15) is 9.59 Å². The number of carbonyl (C=O) groups excluding carboxylic acids is 2. The topological polar surface area (TPSA) is 81.4 Å². The second kappa shape index (κ2) is 9.03. The van der Waals surface area contributed by atoms with Crippen LogP contribution in [0.2, 0.25) is 0 Å². The fourth-order valence-electron chi connectivity index (χ4n) is 1.59. The Morgan fingerprint density at radius 1 is 1.48 bits per heavy atom. The average Bonchev–Trinajstić information content (AvgIpc) is 2.43. The zero-order valence-corrected chi connectivity index (χ0v) is 13.1. The Balaban J connectivity index is 2.27. The standard InChI is InChI=1S/C15H17BrN2O3/c1-2-5-13(15(17)20)18-14(19)8-4-9-21-12-7-3-6-11(16)10-12/h1,3,6-7,10,13H,4-5,8-9H2,(H2,17,20)(H,18,19). The molecular weight excluding hydrogens is 336 g/mol. The molecule has 1 rings (SSSR count). The average molecular weight is 353 g/mol. The smallest absolute Gasteiger partial charge is 0.240 e. The molecule has 0 bridgehead atoms. The number of amides is 2. The van der Waals surface area contributed by atoms with Crippen LogP contribution < -0.4 is 15.8 Å². The van der Waals surface area contributed by atoms with E-state index in [-0.39, 0.29) is 18.7 Å². The van der Waals surface area contributed by atoms with Gasteiger partial charge in [-0.25, -0.2) is 0 Å². The van der Waals surface area contributed by atoms with Gasteiger partial charge in [-0.05, 0) is 24.6 Å². The molecule has 0 aliphatic heterocycles. The molecule has 1 aromatic carbocycles. The summed E-state index contributed by atoms with van der Waals surface area (Å²) in [5.41, 5.74) is 5.14. The lowest BCUT2D eigenvalue weighted by atomic mass is 10.2. The van der Waals surface area contributed by atoms with Gasteiger partial charge >= 0.3 is 0 Å². The quantitative estimate of drug-likeness (QED) is 0.550. The number of nitrogens with one attached hydrogen (secondary N) is 1. The van der Waals surface area contributed by atoms with Crippen molar-refractivity contribution in [2.24, 2.45) is 5.73 Å². The number of halogens is 1. The molecular formula is C15H17BrN2O3. The SMILES string of the molecule is C#CCC(NC(=O)CCCOc1cccc(Br)c1)C(N)=O. The van der Waals surface area contributed by atoms with Crippen LogP contribution in [0, 0.1) is 12.3 Å². The van der Waals surface area contributed by atoms with Crippen molar-refractivity contribution in [1.29, 1.82) is 0 Å². The van der Waals surface area contributed by atoms with Gasteiger partial charge in [0.2, 0.25) is 11.8 Å². The fourth-order valence-corrected chi connectivity index (χ4v) is 1.96. The Morgan fingerprint density at radius 3 is 2.86 bits per heavy atom. The highest BCUT2D eigenvalue weighted by molar-refractivity contribution is 9.10. The molecule has 0 fully saturated rings. The Labute approximate surface area is 132 Å². The van der Waals surface area contributed by atoms with Crippen LogP contribution in [-0.4, -0.2) is 24.5 Å². The first-order valence-corrected chi connectivity index (χ1v) is 7.22. The summed E-state index contributed by atoms with van der Waals surface area (Å²) in [5, 5.41) is 2.51. The number of carbonyl (C=O) groups is 2. The van der Waals surface area contributed by atoms with Crippen LogP contribution >= 0.6 is 15.9 Å². The molecule has 1 aromatic rings. The van der Waals surface area contributed by atoms with Crippen molar-refractivity contribution >= 4 is 27.7 Å². The van der Waals surface area contributed by atoms with E-state index in [1.165, 1.54) is 0 Å². The Kier molecular flexibility index (Phi) is 7.33. The molecule has 1 atom stereocenters. The monoisotopic (exact) mass is 352 g/mol. The first-order chi connectivity index (χ1) is 10.0. The van der Waals surface area contributed by atoms with Gasteiger partial charge in [0.25, 0.3) is 0 Å². The summed E-state index contributed by atoms with van der Waals surface area (Å²) < 4.78 is 6.43. The van der Waals surface area contributed by atoms with E-state index >= 15 is 0 Å². The maximum atomic E-state index is 11.6. The highest BCUT2D eigenvalue weighted by Gasteiger charge is 2.16. The first kappa shape index (κ1) is 17.1. The van der Waals surface area contributed by atoms with Gasteiger partial charge in [0.05, 0.1) is 6.61 Å². The Bertz CT molecular complexity index is 540. The van der Waals surface area contributed by atoms with E-state index in [2.05, 4.69) is 27.2 Å². The summed E-state index contributed by atoms with van der Waals surface area (Å²) in [6, 6.07) is 6.63. The number of primary amides is 1. The maximum Gasteiger partial charge on any atom is 0.240 e. The summed E-state index contributed by atoms with van der Waals surface area (Å²) in [4.78, 5) is 22.7. The van der Waals surface area contributed by atoms with Gasteiger partial charge in [-0.15, -0.1) is 12.3 Å². The van der Waals surface area contributed by atoms with Gasteiger partial charge in [-0.2, -0.15) is 0 Å². The molecule has 0 aliphatic rings. The number of benzene rings is 1. The first-order valence-electron chi connectivity index (χ1n) is 6.43. The van der Waals surface area contributed by atoms with Gasteiger partial charge in [-0.1, -0.05) is 22.0 Å². The predicted octanol–water partition coefficient (Wildman–Crippen LogP) is 1.60. The molecule has 0 aromatic heterocycles. The van der Waals surface area contributed by atoms with Crippen LogP contribution in [0.1, 0.15) is 19.3 Å². The van der Waals surface area contributed by atoms with E-state index < -0.39 is 11.9 Å². The molecule has 112 valence electrons. The number of terminal acetylenes is 1. The van der Waals surface area contributed by atoms with Crippen molar-refractivity contribution in [3.8, 4) is 18.1 Å². The second-order valence-corrected chi connectivity index (χ2v) is 5.26. The van der Waals surface area contributed by atoms with Gasteiger partial charge in [0, 0.05) is 17.3 Å². The van der Waals surface area contributed by atoms with Crippen LogP contribution in [0.25, 0.3) is 0 Å². The van der Waals surface area contributed by atoms with E-state index in [4.69, 9.17) is 16.9 Å². The summed E-state index contributed by atoms with van der Waals surface area (Å²) in [7, 11) is 0. The molecule has 2 amide bonds. The number of rotatable bonds is 8. The number of nitrogens with two attached hydrogens (primary N) is 1. The molecule has 0 saturated carbocycles. The highest BCUT2D eigenvalue weighted by Crippen LogP contribution is 2.17. The molecule has 0 heterocycles. The minimum atomic E-state index is -0.812. The van der Waals surface area contributed by atoms with E-state index in [0.717, 1.165) is 10.2 Å². The van der Waals surface area contributed by atoms with Crippen LogP contribution in [0.4, 0.5) is 0 Å². The molecule has 6 heteroatoms. The van der Waals surface area contributed by atoms with Crippen LogP contribution in [0.5, 0.6) is 5.75 Å². The Morgan fingerprint density at radius 2 is 2.24 bits per heavy atom. The predicted molar refractivity (Wildman–Crippen MR) is 83.4 cm³/mol. The molecule has 5 nitrogen and oxygen atoms in total. The van der Waals surface area contributed by atoms with Crippen molar-refractivity contribution in [2.45, 2.75) is 25.3 Å². The summed E-state index contributed by atoms with van der Waals surface area (Å²) >= 11 is 3.35. The fraction of sp³-hybridized carbons (Fsp3) is 0.333. The van der Waals surface area contributed by atoms with Crippen molar-refractivity contribution < 1.29 is 14.3 Å². The molecule has 21 heavy (non-hydrogen) atoms. The largest absolute Gasteiger partial charge is 0.494 e. The number of hydrogen-bond acceptors (Lipinski definition) is 3. The van der Waals surface area contributed by atoms with Crippen LogP contribution in [0.3, 0.4) is 0 Å². The molecule has 0 spiro atoms. The van der Waals surface area contributed by atoms with Gasteiger partial charge in [-0.3, -0.25) is 9.59 Å². The number of ether oxygens (including phenoxy) is 1.